The molecule has 0 aliphatic heterocycles. The minimum atomic E-state index is 0.00493. The summed E-state index contributed by atoms with van der Waals surface area (Å²) in [5.74, 6) is 0.0913. The highest BCUT2D eigenvalue weighted by atomic mass is 16.3. The summed E-state index contributed by atoms with van der Waals surface area (Å²) in [4.78, 5) is 12.0. The van der Waals surface area contributed by atoms with Crippen LogP contribution in [0.2, 0.25) is 0 Å². The molecule has 0 aliphatic carbocycles. The van der Waals surface area contributed by atoms with Crippen LogP contribution in [0.1, 0.15) is 30.5 Å². The average molecular weight is 375 g/mol. The molecule has 0 spiro atoms. The van der Waals surface area contributed by atoms with Crippen molar-refractivity contribution in [2.24, 2.45) is 4.99 Å². The zero-order valence-electron chi connectivity index (χ0n) is 16.6. The Balaban J connectivity index is 2.12. The molecule has 0 bridgehead atoms. The molecule has 0 aliphatic rings. The molecule has 0 unspecified atom stereocenters. The number of hydrogen-bond acceptors (Lipinski definition) is 4. The molecule has 6 heteroatoms. The molecule has 2 aromatic heterocycles. The maximum Gasteiger partial charge on any atom is 0.200 e. The molecule has 0 saturated heterocycles. The third kappa shape index (κ3) is 3.81. The third-order valence-corrected chi connectivity index (χ3v) is 4.67. The van der Waals surface area contributed by atoms with Gasteiger partial charge in [-0.3, -0.25) is 5.41 Å². The fraction of sp³-hybridized carbons (Fsp3) is 0.227. The Kier molecular flexibility index (Phi) is 5.59. The molecule has 0 amide bonds. The van der Waals surface area contributed by atoms with Crippen molar-refractivity contribution >= 4 is 22.6 Å². The first-order valence-electron chi connectivity index (χ1n) is 9.24. The number of H-pyrrole nitrogens is 1. The number of benzene rings is 1. The number of aliphatic imine (C=N–C) groups is 1. The molecule has 28 heavy (non-hydrogen) atoms. The second-order valence-corrected chi connectivity index (χ2v) is 6.65. The van der Waals surface area contributed by atoms with Crippen molar-refractivity contribution in [2.45, 2.75) is 27.2 Å². The minimum absolute atomic E-state index is 0.00493. The van der Waals surface area contributed by atoms with Gasteiger partial charge in [-0.1, -0.05) is 19.1 Å². The molecule has 0 atom stereocenters. The van der Waals surface area contributed by atoms with Gasteiger partial charge in [-0.2, -0.15) is 0 Å². The van der Waals surface area contributed by atoms with Gasteiger partial charge in [0.25, 0.3) is 0 Å². The summed E-state index contributed by atoms with van der Waals surface area (Å²) < 4.78 is 0. The Morgan fingerprint density at radius 3 is 2.82 bits per heavy atom. The first-order valence-corrected chi connectivity index (χ1v) is 9.24. The number of fused-ring (bicyclic) bond motifs is 1. The van der Waals surface area contributed by atoms with Gasteiger partial charge in [0.05, 0.1) is 22.5 Å². The highest BCUT2D eigenvalue weighted by Crippen LogP contribution is 2.30. The lowest BCUT2D eigenvalue weighted by atomic mass is 10.0. The van der Waals surface area contributed by atoms with Crippen molar-refractivity contribution in [3.8, 4) is 17.1 Å². The number of aromatic amines is 1. The maximum atomic E-state index is 10.4. The average Bonchev–Trinajstić information content (AvgIpc) is 3.01. The monoisotopic (exact) mass is 375 g/mol. The van der Waals surface area contributed by atoms with E-state index in [4.69, 9.17) is 10.4 Å². The van der Waals surface area contributed by atoms with Crippen LogP contribution >= 0.6 is 0 Å². The van der Waals surface area contributed by atoms with Crippen LogP contribution in [-0.4, -0.2) is 33.7 Å². The van der Waals surface area contributed by atoms with E-state index in [0.29, 0.717) is 16.8 Å². The molecular formula is C22H25N5O. The van der Waals surface area contributed by atoms with E-state index in [2.05, 4.69) is 47.3 Å². The SMILES string of the molecule is CCc1ccc(C)c(-c2ccc3[nH]c(O)c(C(C)=NC(=N)/C=C\NC)c3n2)c1. The normalized spacial score (nSPS) is 12.1. The van der Waals surface area contributed by atoms with Crippen LogP contribution in [0.25, 0.3) is 22.3 Å². The maximum absolute atomic E-state index is 10.4. The largest absolute Gasteiger partial charge is 0.494 e. The van der Waals surface area contributed by atoms with E-state index in [9.17, 15) is 5.11 Å². The molecule has 0 fully saturated rings. The van der Waals surface area contributed by atoms with Gasteiger partial charge in [0.1, 0.15) is 11.4 Å². The summed E-state index contributed by atoms with van der Waals surface area (Å²) in [6, 6.07) is 10.3. The summed E-state index contributed by atoms with van der Waals surface area (Å²) in [5, 5.41) is 21.2. The lowest BCUT2D eigenvalue weighted by Gasteiger charge is -2.08. The van der Waals surface area contributed by atoms with E-state index in [0.717, 1.165) is 28.8 Å². The van der Waals surface area contributed by atoms with Gasteiger partial charge >= 0.3 is 0 Å². The van der Waals surface area contributed by atoms with E-state index >= 15 is 0 Å². The van der Waals surface area contributed by atoms with E-state index in [-0.39, 0.29) is 11.7 Å². The fourth-order valence-electron chi connectivity index (χ4n) is 3.15. The predicted molar refractivity (Wildman–Crippen MR) is 115 cm³/mol. The molecule has 1 aromatic carbocycles. The number of aromatic nitrogens is 2. The number of amidine groups is 1. The van der Waals surface area contributed by atoms with Gasteiger partial charge in [0.2, 0.25) is 0 Å². The van der Waals surface area contributed by atoms with Crippen molar-refractivity contribution in [1.29, 1.82) is 5.41 Å². The first kappa shape index (κ1) is 19.4. The van der Waals surface area contributed by atoms with E-state index < -0.39 is 0 Å². The number of rotatable bonds is 5. The van der Waals surface area contributed by atoms with Gasteiger partial charge in [-0.05, 0) is 61.9 Å². The van der Waals surface area contributed by atoms with Crippen LogP contribution in [0.15, 0.2) is 47.6 Å². The highest BCUT2D eigenvalue weighted by Gasteiger charge is 2.17. The van der Waals surface area contributed by atoms with Crippen molar-refractivity contribution < 1.29 is 5.11 Å². The molecule has 3 rings (SSSR count). The first-order chi connectivity index (χ1) is 13.4. The Hall–Kier alpha value is -3.41. The molecule has 144 valence electrons. The van der Waals surface area contributed by atoms with Gasteiger partial charge in [0.15, 0.2) is 5.88 Å². The molecule has 2 heterocycles. The minimum Gasteiger partial charge on any atom is -0.494 e. The van der Waals surface area contributed by atoms with E-state index in [1.807, 2.05) is 12.1 Å². The van der Waals surface area contributed by atoms with Crippen LogP contribution in [0.3, 0.4) is 0 Å². The number of aryl methyl sites for hydroxylation is 2. The smallest absolute Gasteiger partial charge is 0.200 e. The zero-order chi connectivity index (χ0) is 20.3. The van der Waals surface area contributed by atoms with Crippen molar-refractivity contribution in [2.75, 3.05) is 7.05 Å². The van der Waals surface area contributed by atoms with Crippen molar-refractivity contribution in [3.63, 3.8) is 0 Å². The van der Waals surface area contributed by atoms with Crippen LogP contribution in [0.4, 0.5) is 0 Å². The molecule has 6 nitrogen and oxygen atoms in total. The summed E-state index contributed by atoms with van der Waals surface area (Å²) in [7, 11) is 1.76. The van der Waals surface area contributed by atoms with Crippen LogP contribution in [0, 0.1) is 12.3 Å². The van der Waals surface area contributed by atoms with E-state index in [1.165, 1.54) is 5.56 Å². The van der Waals surface area contributed by atoms with Crippen molar-refractivity contribution in [3.05, 3.63) is 59.3 Å². The second kappa shape index (κ2) is 8.08. The third-order valence-electron chi connectivity index (χ3n) is 4.67. The number of nitrogens with zero attached hydrogens (tertiary/aromatic N) is 2. The quantitative estimate of drug-likeness (QED) is 0.395. The van der Waals surface area contributed by atoms with Crippen LogP contribution < -0.4 is 5.32 Å². The Labute approximate surface area is 164 Å². The number of aromatic hydroxyl groups is 1. The number of hydrogen-bond donors (Lipinski definition) is 4. The van der Waals surface area contributed by atoms with E-state index in [1.54, 1.807) is 26.2 Å². The predicted octanol–water partition coefficient (Wildman–Crippen LogP) is 4.33. The number of nitrogens with one attached hydrogen (secondary N) is 3. The second-order valence-electron chi connectivity index (χ2n) is 6.65. The fourth-order valence-corrected chi connectivity index (χ4v) is 3.15. The lowest BCUT2D eigenvalue weighted by Crippen LogP contribution is -2.01. The molecule has 0 radical (unpaired) electrons. The molecule has 0 saturated carbocycles. The Bertz CT molecular complexity index is 1090. The highest BCUT2D eigenvalue weighted by molar-refractivity contribution is 6.15. The Morgan fingerprint density at radius 1 is 1.32 bits per heavy atom. The lowest BCUT2D eigenvalue weighted by molar-refractivity contribution is 0.457. The van der Waals surface area contributed by atoms with Crippen LogP contribution in [0.5, 0.6) is 5.88 Å². The molecule has 4 N–H and O–H groups in total. The van der Waals surface area contributed by atoms with Gasteiger partial charge in [-0.15, -0.1) is 0 Å². The summed E-state index contributed by atoms with van der Waals surface area (Å²) in [5.41, 5.74) is 6.74. The summed E-state index contributed by atoms with van der Waals surface area (Å²) in [6.07, 6.45) is 4.14. The number of pyridine rings is 1. The molecular weight excluding hydrogens is 350 g/mol. The topological polar surface area (TPSA) is 97.1 Å². The Morgan fingerprint density at radius 2 is 2.11 bits per heavy atom. The zero-order valence-corrected chi connectivity index (χ0v) is 16.6. The van der Waals surface area contributed by atoms with Gasteiger partial charge in [0, 0.05) is 12.6 Å². The van der Waals surface area contributed by atoms with Crippen molar-refractivity contribution in [1.82, 2.24) is 15.3 Å². The summed E-state index contributed by atoms with van der Waals surface area (Å²) in [6.45, 7) is 5.96. The standard InChI is InChI=1S/C22H25N5O/c1-5-15-7-6-13(2)16(12-15)17-8-9-18-21(26-17)20(22(28)27-18)14(3)25-19(23)10-11-24-4/h6-12,23-24,27-28H,5H2,1-4H3/b11-10-,23-19?,25-14?. The summed E-state index contributed by atoms with van der Waals surface area (Å²) >= 11 is 0. The van der Waals surface area contributed by atoms with Gasteiger partial charge < -0.3 is 15.4 Å². The van der Waals surface area contributed by atoms with Crippen LogP contribution in [-0.2, 0) is 6.42 Å². The van der Waals surface area contributed by atoms with Gasteiger partial charge in [-0.25, -0.2) is 9.98 Å². The molecule has 3 aromatic rings.